The van der Waals surface area contributed by atoms with E-state index in [0.717, 1.165) is 30.8 Å². The molecule has 0 aliphatic carbocycles. The monoisotopic (exact) mass is 377 g/mol. The summed E-state index contributed by atoms with van der Waals surface area (Å²) in [6.45, 7) is 3.77. The van der Waals surface area contributed by atoms with Crippen LogP contribution in [0.15, 0.2) is 42.5 Å². The van der Waals surface area contributed by atoms with Crippen molar-refractivity contribution < 1.29 is 21.7 Å². The van der Waals surface area contributed by atoms with Crippen LogP contribution in [0.25, 0.3) is 0 Å². The van der Waals surface area contributed by atoms with E-state index in [4.69, 9.17) is 8.92 Å². The van der Waals surface area contributed by atoms with Crippen molar-refractivity contribution in [2.45, 2.75) is 30.6 Å². The van der Waals surface area contributed by atoms with E-state index in [-0.39, 0.29) is 22.8 Å². The first kappa shape index (κ1) is 17.3. The molecule has 0 bridgehead atoms. The van der Waals surface area contributed by atoms with Gasteiger partial charge in [-0.05, 0) is 37.2 Å². The fraction of sp³-hybridized carbons (Fsp3) is 0.368. The van der Waals surface area contributed by atoms with E-state index in [2.05, 4.69) is 12.2 Å². The van der Waals surface area contributed by atoms with E-state index in [1.54, 1.807) is 24.3 Å². The summed E-state index contributed by atoms with van der Waals surface area (Å²) in [6, 6.07) is 10.8. The van der Waals surface area contributed by atoms with Gasteiger partial charge in [-0.25, -0.2) is 4.39 Å². The largest absolute Gasteiger partial charge is 0.488 e. The molecule has 2 aliphatic rings. The molecule has 2 heterocycles. The molecule has 7 heteroatoms. The Kier molecular flexibility index (Phi) is 4.16. The van der Waals surface area contributed by atoms with E-state index in [1.807, 2.05) is 0 Å². The van der Waals surface area contributed by atoms with Crippen LogP contribution in [0.3, 0.4) is 0 Å². The topological polar surface area (TPSA) is 64.6 Å². The number of nitrogens with one attached hydrogen (secondary N) is 1. The van der Waals surface area contributed by atoms with Gasteiger partial charge in [0.05, 0.1) is 0 Å². The van der Waals surface area contributed by atoms with Crippen molar-refractivity contribution >= 4 is 10.1 Å². The number of piperidine rings is 1. The second-order valence-corrected chi connectivity index (χ2v) is 8.58. The van der Waals surface area contributed by atoms with Gasteiger partial charge in [0.25, 0.3) is 0 Å². The van der Waals surface area contributed by atoms with E-state index < -0.39 is 21.7 Å². The maximum absolute atomic E-state index is 13.7. The summed E-state index contributed by atoms with van der Waals surface area (Å²) in [4.78, 5) is 0. The van der Waals surface area contributed by atoms with Gasteiger partial charge in [0.2, 0.25) is 0 Å². The summed E-state index contributed by atoms with van der Waals surface area (Å²) in [5, 5.41) is 3.31. The molecule has 0 aromatic heterocycles. The van der Waals surface area contributed by atoms with E-state index in [1.165, 1.54) is 18.2 Å². The Balaban J connectivity index is 1.58. The first-order valence-electron chi connectivity index (χ1n) is 8.55. The number of rotatable bonds is 4. The number of fused-ring (bicyclic) bond motifs is 3. The molecule has 2 aliphatic heterocycles. The first-order valence-corrected chi connectivity index (χ1v) is 10.1. The highest BCUT2D eigenvalue weighted by molar-refractivity contribution is 7.86. The third-order valence-corrected chi connectivity index (χ3v) is 6.32. The maximum atomic E-state index is 13.7. The molecule has 0 spiro atoms. The maximum Gasteiger partial charge on any atom is 0.313 e. The Hall–Kier alpha value is -2.12. The Bertz CT molecular complexity index is 946. The van der Waals surface area contributed by atoms with Crippen molar-refractivity contribution in [2.24, 2.45) is 0 Å². The van der Waals surface area contributed by atoms with Crippen molar-refractivity contribution in [2.75, 3.05) is 13.1 Å². The van der Waals surface area contributed by atoms with Gasteiger partial charge >= 0.3 is 10.1 Å². The normalized spacial score (nSPS) is 24.5. The smallest absolute Gasteiger partial charge is 0.313 e. The van der Waals surface area contributed by atoms with Crippen LogP contribution in [-0.2, 0) is 21.3 Å². The minimum Gasteiger partial charge on any atom is -0.488 e. The molecule has 2 atom stereocenters. The standard InChI is InChI=1S/C19H20FNO4S/c1-19-8-9-21-11-18(19)24-17-7-6-14(10-15(17)19)25-26(22,23)12-13-4-2-3-5-16(13)20/h2-7,10,18,21H,8-9,11-12H2,1H3. The molecule has 2 aromatic rings. The number of hydrogen-bond acceptors (Lipinski definition) is 5. The van der Waals surface area contributed by atoms with Crippen LogP contribution >= 0.6 is 0 Å². The van der Waals surface area contributed by atoms with Crippen molar-refractivity contribution in [1.82, 2.24) is 5.32 Å². The van der Waals surface area contributed by atoms with Gasteiger partial charge in [-0.1, -0.05) is 25.1 Å². The second-order valence-electron chi connectivity index (χ2n) is 7.01. The molecule has 1 N–H and O–H groups in total. The third kappa shape index (κ3) is 3.05. The summed E-state index contributed by atoms with van der Waals surface area (Å²) in [5.74, 6) is -0.0897. The molecule has 1 fully saturated rings. The number of hydrogen-bond donors (Lipinski definition) is 1. The average molecular weight is 377 g/mol. The van der Waals surface area contributed by atoms with Crippen molar-refractivity contribution in [3.05, 3.63) is 59.4 Å². The Morgan fingerprint density at radius 3 is 2.92 bits per heavy atom. The highest BCUT2D eigenvalue weighted by atomic mass is 32.2. The Morgan fingerprint density at radius 2 is 2.12 bits per heavy atom. The minimum absolute atomic E-state index is 0.0246. The van der Waals surface area contributed by atoms with Gasteiger partial charge in [0.15, 0.2) is 0 Å². The van der Waals surface area contributed by atoms with Gasteiger partial charge in [0, 0.05) is 23.1 Å². The van der Waals surface area contributed by atoms with Crippen LogP contribution in [0, 0.1) is 5.82 Å². The summed E-state index contributed by atoms with van der Waals surface area (Å²) in [6.07, 6.45) is 0.923. The molecule has 1 saturated heterocycles. The fourth-order valence-electron chi connectivity index (χ4n) is 3.69. The molecular formula is C19H20FNO4S. The molecule has 2 aromatic carbocycles. The Morgan fingerprint density at radius 1 is 1.31 bits per heavy atom. The zero-order valence-corrected chi connectivity index (χ0v) is 15.2. The quantitative estimate of drug-likeness (QED) is 0.830. The lowest BCUT2D eigenvalue weighted by molar-refractivity contribution is 0.124. The predicted octanol–water partition coefficient (Wildman–Crippen LogP) is 2.75. The number of halogens is 1. The summed E-state index contributed by atoms with van der Waals surface area (Å²) in [7, 11) is -3.97. The van der Waals surface area contributed by atoms with Gasteiger partial charge in [-0.3, -0.25) is 0 Å². The summed E-state index contributed by atoms with van der Waals surface area (Å²) in [5.41, 5.74) is 0.875. The van der Waals surface area contributed by atoms with Crippen LogP contribution in [-0.4, -0.2) is 27.6 Å². The second kappa shape index (κ2) is 6.25. The predicted molar refractivity (Wildman–Crippen MR) is 95.3 cm³/mol. The van der Waals surface area contributed by atoms with Crippen molar-refractivity contribution in [3.63, 3.8) is 0 Å². The third-order valence-electron chi connectivity index (χ3n) is 5.21. The van der Waals surface area contributed by atoms with Gasteiger partial charge < -0.3 is 14.2 Å². The average Bonchev–Trinajstić information content (AvgIpc) is 2.89. The number of ether oxygens (including phenoxy) is 1. The van der Waals surface area contributed by atoms with E-state index in [0.29, 0.717) is 0 Å². The van der Waals surface area contributed by atoms with E-state index in [9.17, 15) is 12.8 Å². The molecule has 2 unspecified atom stereocenters. The van der Waals surface area contributed by atoms with Crippen LogP contribution in [0.4, 0.5) is 4.39 Å². The molecule has 0 amide bonds. The number of benzene rings is 2. The molecule has 5 nitrogen and oxygen atoms in total. The minimum atomic E-state index is -3.97. The Labute approximate surface area is 152 Å². The highest BCUT2D eigenvalue weighted by Gasteiger charge is 2.46. The van der Waals surface area contributed by atoms with Crippen LogP contribution in [0.2, 0.25) is 0 Å². The molecule has 4 rings (SSSR count). The lowest BCUT2D eigenvalue weighted by Crippen LogP contribution is -2.49. The zero-order chi connectivity index (χ0) is 18.4. The molecular weight excluding hydrogens is 357 g/mol. The lowest BCUT2D eigenvalue weighted by Gasteiger charge is -2.35. The summed E-state index contributed by atoms with van der Waals surface area (Å²) < 4.78 is 49.7. The molecule has 0 saturated carbocycles. The van der Waals surface area contributed by atoms with Crippen LogP contribution < -0.4 is 14.2 Å². The van der Waals surface area contributed by atoms with E-state index >= 15 is 0 Å². The van der Waals surface area contributed by atoms with Crippen molar-refractivity contribution in [3.8, 4) is 11.5 Å². The SMILES string of the molecule is CC12CCNCC1Oc1ccc(OS(=O)(=O)Cc3ccccc3F)cc12. The highest BCUT2D eigenvalue weighted by Crippen LogP contribution is 2.47. The fourth-order valence-corrected chi connectivity index (χ4v) is 4.76. The zero-order valence-electron chi connectivity index (χ0n) is 14.4. The summed E-state index contributed by atoms with van der Waals surface area (Å²) >= 11 is 0. The first-order chi connectivity index (χ1) is 12.4. The van der Waals surface area contributed by atoms with Gasteiger partial charge in [-0.2, -0.15) is 8.42 Å². The molecule has 138 valence electrons. The van der Waals surface area contributed by atoms with Gasteiger partial charge in [0.1, 0.15) is 29.2 Å². The molecule has 0 radical (unpaired) electrons. The van der Waals surface area contributed by atoms with Gasteiger partial charge in [-0.15, -0.1) is 0 Å². The van der Waals surface area contributed by atoms with Crippen LogP contribution in [0.1, 0.15) is 24.5 Å². The van der Waals surface area contributed by atoms with Crippen LogP contribution in [0.5, 0.6) is 11.5 Å². The molecule has 26 heavy (non-hydrogen) atoms. The lowest BCUT2D eigenvalue weighted by atomic mass is 9.74. The van der Waals surface area contributed by atoms with Crippen molar-refractivity contribution in [1.29, 1.82) is 0 Å².